The van der Waals surface area contributed by atoms with E-state index in [1.165, 1.54) is 10.5 Å². The van der Waals surface area contributed by atoms with Gasteiger partial charge in [-0.15, -0.1) is 0 Å². The Bertz CT molecular complexity index is 854. The molecule has 1 heterocycles. The van der Waals surface area contributed by atoms with E-state index in [4.69, 9.17) is 0 Å². The van der Waals surface area contributed by atoms with Gasteiger partial charge in [-0.05, 0) is 48.1 Å². The van der Waals surface area contributed by atoms with Gasteiger partial charge in [-0.2, -0.15) is 0 Å². The van der Waals surface area contributed by atoms with Crippen LogP contribution in [0.1, 0.15) is 50.2 Å². The van der Waals surface area contributed by atoms with Crippen LogP contribution in [0.25, 0.3) is 0 Å². The van der Waals surface area contributed by atoms with Crippen molar-refractivity contribution in [3.8, 4) is 0 Å². The van der Waals surface area contributed by atoms with E-state index < -0.39 is 0 Å². The molecule has 4 aliphatic rings. The zero-order valence-electron chi connectivity index (χ0n) is 17.1. The summed E-state index contributed by atoms with van der Waals surface area (Å²) in [6.45, 7) is 4.76. The van der Waals surface area contributed by atoms with Gasteiger partial charge in [0.1, 0.15) is 6.54 Å². The van der Waals surface area contributed by atoms with Crippen LogP contribution in [0, 0.1) is 23.7 Å². The standard InChI is InChI=1S/C24H28N2O3/c1-14(2)16-5-3-15(4-6-16)12-25(19-9-10-19)20(27)13-26-23(28)21-17-7-8-18(11-17)22(21)24(26)29/h3-8,14,17-19,21-22H,9-13H2,1-2H3. The highest BCUT2D eigenvalue weighted by atomic mass is 16.2. The number of allylic oxidation sites excluding steroid dienone is 2. The average molecular weight is 392 g/mol. The lowest BCUT2D eigenvalue weighted by Crippen LogP contribution is -2.44. The van der Waals surface area contributed by atoms with E-state index >= 15 is 0 Å². The van der Waals surface area contributed by atoms with Crippen LogP contribution in [0.4, 0.5) is 0 Å². The minimum absolute atomic E-state index is 0.106. The summed E-state index contributed by atoms with van der Waals surface area (Å²) in [4.78, 5) is 42.0. The normalized spacial score (nSPS) is 29.8. The van der Waals surface area contributed by atoms with E-state index in [0.717, 1.165) is 24.8 Å². The zero-order valence-corrected chi connectivity index (χ0v) is 17.1. The van der Waals surface area contributed by atoms with Crippen molar-refractivity contribution in [2.24, 2.45) is 23.7 Å². The first-order chi connectivity index (χ1) is 13.9. The minimum Gasteiger partial charge on any atom is -0.334 e. The molecule has 4 atom stereocenters. The number of rotatable bonds is 6. The van der Waals surface area contributed by atoms with E-state index in [9.17, 15) is 14.4 Å². The number of fused-ring (bicyclic) bond motifs is 5. The summed E-state index contributed by atoms with van der Waals surface area (Å²) in [5, 5.41) is 0. The molecule has 1 saturated heterocycles. The fourth-order valence-electron chi connectivity index (χ4n) is 5.36. The molecule has 5 rings (SSSR count). The molecule has 2 saturated carbocycles. The highest BCUT2D eigenvalue weighted by Gasteiger charge is 2.59. The lowest BCUT2D eigenvalue weighted by Gasteiger charge is -2.26. The molecule has 0 radical (unpaired) electrons. The molecule has 3 fully saturated rings. The number of amides is 3. The number of hydrogen-bond donors (Lipinski definition) is 0. The Kier molecular flexibility index (Phi) is 4.37. The molecule has 29 heavy (non-hydrogen) atoms. The van der Waals surface area contributed by atoms with Crippen molar-refractivity contribution in [3.63, 3.8) is 0 Å². The van der Waals surface area contributed by atoms with Gasteiger partial charge in [0.2, 0.25) is 17.7 Å². The van der Waals surface area contributed by atoms with Gasteiger partial charge in [0, 0.05) is 12.6 Å². The Morgan fingerprint density at radius 3 is 2.14 bits per heavy atom. The molecule has 2 bridgehead atoms. The third-order valence-corrected chi connectivity index (χ3v) is 7.16. The second-order valence-electron chi connectivity index (χ2n) is 9.41. The average Bonchev–Trinajstić information content (AvgIpc) is 3.26. The quantitative estimate of drug-likeness (QED) is 0.552. The summed E-state index contributed by atoms with van der Waals surface area (Å²) in [5.41, 5.74) is 2.37. The Labute approximate surface area is 171 Å². The minimum atomic E-state index is -0.233. The van der Waals surface area contributed by atoms with Crippen LogP contribution in [0.15, 0.2) is 36.4 Å². The van der Waals surface area contributed by atoms with Crippen molar-refractivity contribution in [2.75, 3.05) is 6.54 Å². The van der Waals surface area contributed by atoms with Gasteiger partial charge in [-0.25, -0.2) is 0 Å². The van der Waals surface area contributed by atoms with Crippen LogP contribution in [0.3, 0.4) is 0 Å². The van der Waals surface area contributed by atoms with Gasteiger partial charge in [0.25, 0.3) is 0 Å². The number of carbonyl (C=O) groups excluding carboxylic acids is 3. The molecule has 1 aromatic carbocycles. The Morgan fingerprint density at radius 2 is 1.62 bits per heavy atom. The molecule has 4 unspecified atom stereocenters. The molecule has 3 aliphatic carbocycles. The maximum Gasteiger partial charge on any atom is 0.243 e. The van der Waals surface area contributed by atoms with Crippen LogP contribution in [-0.2, 0) is 20.9 Å². The molecule has 5 heteroatoms. The van der Waals surface area contributed by atoms with Crippen molar-refractivity contribution in [3.05, 3.63) is 47.5 Å². The summed E-state index contributed by atoms with van der Waals surface area (Å²) < 4.78 is 0. The van der Waals surface area contributed by atoms with Gasteiger partial charge in [-0.3, -0.25) is 19.3 Å². The number of likely N-dealkylation sites (tertiary alicyclic amines) is 1. The van der Waals surface area contributed by atoms with Crippen LogP contribution in [-0.4, -0.2) is 40.1 Å². The summed E-state index contributed by atoms with van der Waals surface area (Å²) >= 11 is 0. The summed E-state index contributed by atoms with van der Waals surface area (Å²) in [6.07, 6.45) is 7.07. The molecule has 152 valence electrons. The fraction of sp³-hybridized carbons (Fsp3) is 0.542. The SMILES string of the molecule is CC(C)c1ccc(CN(C(=O)CN2C(=O)C3C4C=CC(C4)C3C2=O)C2CC2)cc1. The highest BCUT2D eigenvalue weighted by Crippen LogP contribution is 2.52. The molecule has 1 aliphatic heterocycles. The van der Waals surface area contributed by atoms with E-state index in [2.05, 4.69) is 50.3 Å². The monoisotopic (exact) mass is 392 g/mol. The van der Waals surface area contributed by atoms with Crippen molar-refractivity contribution < 1.29 is 14.4 Å². The van der Waals surface area contributed by atoms with Gasteiger partial charge in [-0.1, -0.05) is 50.3 Å². The van der Waals surface area contributed by atoms with Crippen LogP contribution >= 0.6 is 0 Å². The van der Waals surface area contributed by atoms with Gasteiger partial charge >= 0.3 is 0 Å². The summed E-state index contributed by atoms with van der Waals surface area (Å²) in [5.74, 6) is -0.0128. The third kappa shape index (κ3) is 3.11. The molecule has 3 amide bonds. The second kappa shape index (κ2) is 6.82. The molecular formula is C24H28N2O3. The maximum absolute atomic E-state index is 13.1. The van der Waals surface area contributed by atoms with Gasteiger partial charge in [0.15, 0.2) is 0 Å². The van der Waals surface area contributed by atoms with Crippen LogP contribution in [0.2, 0.25) is 0 Å². The molecule has 0 aromatic heterocycles. The first-order valence-corrected chi connectivity index (χ1v) is 10.9. The lowest BCUT2D eigenvalue weighted by atomic mass is 9.85. The molecule has 5 nitrogen and oxygen atoms in total. The van der Waals surface area contributed by atoms with Gasteiger partial charge < -0.3 is 4.90 Å². The first-order valence-electron chi connectivity index (χ1n) is 10.9. The van der Waals surface area contributed by atoms with E-state index in [0.29, 0.717) is 12.5 Å². The highest BCUT2D eigenvalue weighted by molar-refractivity contribution is 6.08. The van der Waals surface area contributed by atoms with Crippen molar-refractivity contribution in [2.45, 2.75) is 51.6 Å². The van der Waals surface area contributed by atoms with E-state index in [-0.39, 0.29) is 54.0 Å². The Balaban J connectivity index is 1.29. The lowest BCUT2D eigenvalue weighted by molar-refractivity contribution is -0.147. The predicted molar refractivity (Wildman–Crippen MR) is 109 cm³/mol. The van der Waals surface area contributed by atoms with Crippen molar-refractivity contribution in [1.82, 2.24) is 9.80 Å². The number of nitrogens with zero attached hydrogens (tertiary/aromatic N) is 2. The number of hydrogen-bond acceptors (Lipinski definition) is 3. The fourth-order valence-corrected chi connectivity index (χ4v) is 5.36. The summed E-state index contributed by atoms with van der Waals surface area (Å²) in [6, 6.07) is 8.63. The maximum atomic E-state index is 13.1. The molecular weight excluding hydrogens is 364 g/mol. The van der Waals surface area contributed by atoms with Crippen molar-refractivity contribution in [1.29, 1.82) is 0 Å². The van der Waals surface area contributed by atoms with E-state index in [1.807, 2.05) is 4.90 Å². The third-order valence-electron chi connectivity index (χ3n) is 7.16. The molecule has 0 N–H and O–H groups in total. The zero-order chi connectivity index (χ0) is 20.3. The topological polar surface area (TPSA) is 57.7 Å². The Morgan fingerprint density at radius 1 is 1.03 bits per heavy atom. The second-order valence-corrected chi connectivity index (χ2v) is 9.41. The Hall–Kier alpha value is -2.43. The predicted octanol–water partition coefficient (Wildman–Crippen LogP) is 3.11. The smallest absolute Gasteiger partial charge is 0.243 e. The van der Waals surface area contributed by atoms with Crippen LogP contribution < -0.4 is 0 Å². The first kappa shape index (κ1) is 18.6. The largest absolute Gasteiger partial charge is 0.334 e. The number of carbonyl (C=O) groups is 3. The number of imide groups is 1. The number of benzene rings is 1. The van der Waals surface area contributed by atoms with Crippen molar-refractivity contribution >= 4 is 17.7 Å². The molecule has 0 spiro atoms. The summed E-state index contributed by atoms with van der Waals surface area (Å²) in [7, 11) is 0. The van der Waals surface area contributed by atoms with Gasteiger partial charge in [0.05, 0.1) is 11.8 Å². The van der Waals surface area contributed by atoms with Crippen LogP contribution in [0.5, 0.6) is 0 Å². The molecule has 1 aromatic rings. The van der Waals surface area contributed by atoms with E-state index in [1.54, 1.807) is 0 Å².